The Balaban J connectivity index is 2.01. The van der Waals surface area contributed by atoms with Gasteiger partial charge in [-0.2, -0.15) is 0 Å². The van der Waals surface area contributed by atoms with E-state index in [-0.39, 0.29) is 11.9 Å². The van der Waals surface area contributed by atoms with E-state index < -0.39 is 11.8 Å². The van der Waals surface area contributed by atoms with Gasteiger partial charge in [-0.3, -0.25) is 25.2 Å². The van der Waals surface area contributed by atoms with Gasteiger partial charge in [0.25, 0.3) is 0 Å². The quantitative estimate of drug-likeness (QED) is 0.362. The minimum Gasteiger partial charge on any atom is -0.345 e. The van der Waals surface area contributed by atoms with E-state index in [2.05, 4.69) is 23.1 Å². The molecule has 0 aliphatic heterocycles. The lowest BCUT2D eigenvalue weighted by molar-refractivity contribution is -0.141. The Labute approximate surface area is 113 Å². The third kappa shape index (κ3) is 7.43. The van der Waals surface area contributed by atoms with E-state index in [0.717, 1.165) is 32.1 Å². The molecule has 3 N–H and O–H groups in total. The molecule has 1 saturated carbocycles. The van der Waals surface area contributed by atoms with Gasteiger partial charge in [0.15, 0.2) is 0 Å². The Morgan fingerprint density at radius 3 is 2.26 bits per heavy atom. The van der Waals surface area contributed by atoms with Crippen molar-refractivity contribution in [3.63, 3.8) is 0 Å². The number of carbonyl (C=O) groups is 3. The van der Waals surface area contributed by atoms with E-state index in [9.17, 15) is 14.4 Å². The lowest BCUT2D eigenvalue weighted by Crippen LogP contribution is -2.48. The molecule has 6 nitrogen and oxygen atoms in total. The highest BCUT2D eigenvalue weighted by Gasteiger charge is 2.26. The zero-order valence-corrected chi connectivity index (χ0v) is 11.5. The first-order valence-corrected chi connectivity index (χ1v) is 7.03. The van der Waals surface area contributed by atoms with Crippen molar-refractivity contribution in [2.75, 3.05) is 0 Å². The number of hydrazine groups is 1. The first-order valence-electron chi connectivity index (χ1n) is 7.03. The van der Waals surface area contributed by atoms with Crippen LogP contribution >= 0.6 is 0 Å². The molecular formula is C13H23N3O3. The molecular weight excluding hydrogens is 246 g/mol. The Kier molecular flexibility index (Phi) is 6.92. The highest BCUT2D eigenvalue weighted by atomic mass is 16.2. The minimum absolute atomic E-state index is 0.132. The average Bonchev–Trinajstić information content (AvgIpc) is 3.19. The van der Waals surface area contributed by atoms with Crippen LogP contribution in [0.25, 0.3) is 0 Å². The summed E-state index contributed by atoms with van der Waals surface area (Å²) in [6.07, 6.45) is 7.49. The highest BCUT2D eigenvalue weighted by Crippen LogP contribution is 2.18. The van der Waals surface area contributed by atoms with Crippen LogP contribution in [0.2, 0.25) is 0 Å². The van der Waals surface area contributed by atoms with E-state index in [4.69, 9.17) is 0 Å². The van der Waals surface area contributed by atoms with Crippen LogP contribution in [0.15, 0.2) is 0 Å². The Bertz CT molecular complexity index is 327. The fraction of sp³-hybridized carbons (Fsp3) is 0.769. The van der Waals surface area contributed by atoms with E-state index in [0.29, 0.717) is 6.42 Å². The molecule has 0 aromatic heterocycles. The van der Waals surface area contributed by atoms with E-state index in [1.807, 2.05) is 0 Å². The number of nitrogens with one attached hydrogen (secondary N) is 3. The molecule has 0 saturated heterocycles. The van der Waals surface area contributed by atoms with Gasteiger partial charge in [0.1, 0.15) is 0 Å². The second-order valence-corrected chi connectivity index (χ2v) is 4.91. The minimum atomic E-state index is -0.814. The summed E-state index contributed by atoms with van der Waals surface area (Å²) in [5.74, 6) is -1.76. The summed E-state index contributed by atoms with van der Waals surface area (Å²) < 4.78 is 0. The predicted molar refractivity (Wildman–Crippen MR) is 70.8 cm³/mol. The van der Waals surface area contributed by atoms with Gasteiger partial charge in [0, 0.05) is 12.5 Å². The van der Waals surface area contributed by atoms with Gasteiger partial charge in [0.05, 0.1) is 0 Å². The second kappa shape index (κ2) is 8.50. The van der Waals surface area contributed by atoms with Crippen molar-refractivity contribution in [3.8, 4) is 0 Å². The van der Waals surface area contributed by atoms with Crippen LogP contribution in [-0.2, 0) is 14.4 Å². The first-order chi connectivity index (χ1) is 9.13. The van der Waals surface area contributed by atoms with Crippen molar-refractivity contribution >= 4 is 17.7 Å². The van der Waals surface area contributed by atoms with Crippen LogP contribution in [-0.4, -0.2) is 23.8 Å². The Morgan fingerprint density at radius 1 is 0.947 bits per heavy atom. The summed E-state index contributed by atoms with van der Waals surface area (Å²) in [5.41, 5.74) is 4.37. The molecule has 0 aromatic carbocycles. The van der Waals surface area contributed by atoms with Crippen molar-refractivity contribution < 1.29 is 14.4 Å². The van der Waals surface area contributed by atoms with Crippen molar-refractivity contribution in [2.24, 2.45) is 0 Å². The van der Waals surface area contributed by atoms with Gasteiger partial charge in [-0.05, 0) is 19.3 Å². The summed E-state index contributed by atoms with van der Waals surface area (Å²) in [7, 11) is 0. The molecule has 0 radical (unpaired) electrons. The molecule has 0 atom stereocenters. The molecule has 0 spiro atoms. The lowest BCUT2D eigenvalue weighted by atomic mass is 10.1. The van der Waals surface area contributed by atoms with Crippen LogP contribution < -0.4 is 16.2 Å². The van der Waals surface area contributed by atoms with Crippen molar-refractivity contribution in [2.45, 2.75) is 64.3 Å². The SMILES string of the molecule is CCCCCCCC(=O)NNC(=O)C(=O)NC1CC1. The van der Waals surface area contributed by atoms with Gasteiger partial charge in [0.2, 0.25) is 5.91 Å². The number of amides is 3. The Hall–Kier alpha value is -1.59. The molecule has 0 aromatic rings. The fourth-order valence-electron chi connectivity index (χ4n) is 1.61. The maximum absolute atomic E-state index is 11.4. The van der Waals surface area contributed by atoms with Crippen molar-refractivity contribution in [3.05, 3.63) is 0 Å². The third-order valence-corrected chi connectivity index (χ3v) is 2.94. The van der Waals surface area contributed by atoms with E-state index in [1.54, 1.807) is 0 Å². The number of hydrogen-bond acceptors (Lipinski definition) is 3. The van der Waals surface area contributed by atoms with Gasteiger partial charge in [-0.1, -0.05) is 32.6 Å². The molecule has 6 heteroatoms. The molecule has 1 rings (SSSR count). The third-order valence-electron chi connectivity index (χ3n) is 2.94. The normalized spacial score (nSPS) is 13.7. The maximum atomic E-state index is 11.4. The molecule has 1 aliphatic rings. The van der Waals surface area contributed by atoms with Gasteiger partial charge < -0.3 is 5.32 Å². The average molecular weight is 269 g/mol. The topological polar surface area (TPSA) is 87.3 Å². The lowest BCUT2D eigenvalue weighted by Gasteiger charge is -2.07. The second-order valence-electron chi connectivity index (χ2n) is 4.91. The molecule has 0 bridgehead atoms. The summed E-state index contributed by atoms with van der Waals surface area (Å²) in [6, 6.07) is 0.132. The van der Waals surface area contributed by atoms with Gasteiger partial charge in [-0.15, -0.1) is 0 Å². The van der Waals surface area contributed by atoms with E-state index in [1.165, 1.54) is 12.8 Å². The molecule has 0 unspecified atom stereocenters. The number of rotatable bonds is 7. The molecule has 3 amide bonds. The number of carbonyl (C=O) groups excluding carboxylic acids is 3. The van der Waals surface area contributed by atoms with Crippen molar-refractivity contribution in [1.29, 1.82) is 0 Å². The fourth-order valence-corrected chi connectivity index (χ4v) is 1.61. The number of hydrogen-bond donors (Lipinski definition) is 3. The Morgan fingerprint density at radius 2 is 1.63 bits per heavy atom. The molecule has 19 heavy (non-hydrogen) atoms. The van der Waals surface area contributed by atoms with Crippen LogP contribution in [0.5, 0.6) is 0 Å². The smallest absolute Gasteiger partial charge is 0.327 e. The summed E-state index contributed by atoms with van der Waals surface area (Å²) in [4.78, 5) is 33.9. The standard InChI is InChI=1S/C13H23N3O3/c1-2-3-4-5-6-7-11(17)15-16-13(19)12(18)14-10-8-9-10/h10H,2-9H2,1H3,(H,14,18)(H,15,17)(H,16,19). The molecule has 1 fully saturated rings. The highest BCUT2D eigenvalue weighted by molar-refractivity contribution is 6.35. The molecule has 1 aliphatic carbocycles. The zero-order chi connectivity index (χ0) is 14.1. The maximum Gasteiger partial charge on any atom is 0.327 e. The van der Waals surface area contributed by atoms with E-state index >= 15 is 0 Å². The summed E-state index contributed by atoms with van der Waals surface area (Å²) in [6.45, 7) is 2.13. The predicted octanol–water partition coefficient (Wildman–Crippen LogP) is 0.773. The molecule has 108 valence electrons. The zero-order valence-electron chi connectivity index (χ0n) is 11.5. The summed E-state index contributed by atoms with van der Waals surface area (Å²) in [5, 5.41) is 2.54. The van der Waals surface area contributed by atoms with Crippen LogP contribution in [0.3, 0.4) is 0 Å². The monoisotopic (exact) mass is 269 g/mol. The summed E-state index contributed by atoms with van der Waals surface area (Å²) >= 11 is 0. The van der Waals surface area contributed by atoms with Crippen LogP contribution in [0.4, 0.5) is 0 Å². The first kappa shape index (κ1) is 15.5. The van der Waals surface area contributed by atoms with Crippen molar-refractivity contribution in [1.82, 2.24) is 16.2 Å². The van der Waals surface area contributed by atoms with Crippen LogP contribution in [0, 0.1) is 0 Å². The number of unbranched alkanes of at least 4 members (excludes halogenated alkanes) is 4. The van der Waals surface area contributed by atoms with Gasteiger partial charge in [-0.25, -0.2) is 0 Å². The largest absolute Gasteiger partial charge is 0.345 e. The van der Waals surface area contributed by atoms with Gasteiger partial charge >= 0.3 is 11.8 Å². The van der Waals surface area contributed by atoms with Crippen LogP contribution in [0.1, 0.15) is 58.3 Å². The molecule has 0 heterocycles.